The van der Waals surface area contributed by atoms with Gasteiger partial charge in [0.05, 0.1) is 0 Å². The Hall–Kier alpha value is -1.65. The van der Waals surface area contributed by atoms with Crippen LogP contribution in [0.25, 0.3) is 0 Å². The van der Waals surface area contributed by atoms with Gasteiger partial charge in [0.1, 0.15) is 12.4 Å². The van der Waals surface area contributed by atoms with Crippen molar-refractivity contribution in [2.75, 3.05) is 6.54 Å². The van der Waals surface area contributed by atoms with Crippen LogP contribution in [-0.2, 0) is 13.0 Å². The van der Waals surface area contributed by atoms with Crippen LogP contribution in [-0.4, -0.2) is 16.5 Å². The quantitative estimate of drug-likeness (QED) is 0.922. The summed E-state index contributed by atoms with van der Waals surface area (Å²) in [5, 5.41) is 0. The second kappa shape index (κ2) is 7.96. The fourth-order valence-corrected chi connectivity index (χ4v) is 1.99. The summed E-state index contributed by atoms with van der Waals surface area (Å²) in [6.45, 7) is 7.09. The second-order valence-corrected chi connectivity index (χ2v) is 4.99. The number of nitrogens with two attached hydrogens (primary N) is 1. The SMILES string of the molecule is Cc1cc(CCN)nc(COc2ccc(C)c(C)c2)n1.Cl. The summed E-state index contributed by atoms with van der Waals surface area (Å²) in [6, 6.07) is 8.03. The van der Waals surface area contributed by atoms with Gasteiger partial charge in [-0.15, -0.1) is 12.4 Å². The molecule has 2 rings (SSSR count). The van der Waals surface area contributed by atoms with Gasteiger partial charge in [-0.05, 0) is 56.6 Å². The smallest absolute Gasteiger partial charge is 0.166 e. The van der Waals surface area contributed by atoms with Crippen LogP contribution in [0.4, 0.5) is 0 Å². The van der Waals surface area contributed by atoms with Crippen molar-refractivity contribution in [3.05, 3.63) is 52.6 Å². The van der Waals surface area contributed by atoms with Crippen molar-refractivity contribution in [1.29, 1.82) is 0 Å². The maximum Gasteiger partial charge on any atom is 0.166 e. The standard InChI is InChI=1S/C16H21N3O.ClH/c1-11-4-5-15(8-12(11)2)20-10-16-18-13(3)9-14(19-16)6-7-17;/h4-5,8-9H,6-7,10,17H2,1-3H3;1H. The third-order valence-corrected chi connectivity index (χ3v) is 3.20. The lowest BCUT2D eigenvalue weighted by molar-refractivity contribution is 0.295. The van der Waals surface area contributed by atoms with Crippen LogP contribution in [0, 0.1) is 20.8 Å². The second-order valence-electron chi connectivity index (χ2n) is 4.99. The zero-order chi connectivity index (χ0) is 14.5. The predicted molar refractivity (Wildman–Crippen MR) is 87.0 cm³/mol. The Bertz CT molecular complexity index is 602. The van der Waals surface area contributed by atoms with E-state index in [1.807, 2.05) is 25.1 Å². The van der Waals surface area contributed by atoms with E-state index >= 15 is 0 Å². The number of hydrogen-bond acceptors (Lipinski definition) is 4. The van der Waals surface area contributed by atoms with Crippen molar-refractivity contribution in [2.24, 2.45) is 5.73 Å². The average Bonchev–Trinajstić information content (AvgIpc) is 2.40. The van der Waals surface area contributed by atoms with Gasteiger partial charge in [-0.3, -0.25) is 0 Å². The van der Waals surface area contributed by atoms with Gasteiger partial charge in [0.15, 0.2) is 5.82 Å². The first kappa shape index (κ1) is 17.4. The number of aromatic nitrogens is 2. The Balaban J connectivity index is 0.00000220. The minimum Gasteiger partial charge on any atom is -0.486 e. The highest BCUT2D eigenvalue weighted by Crippen LogP contribution is 2.17. The molecule has 0 bridgehead atoms. The Labute approximate surface area is 132 Å². The summed E-state index contributed by atoms with van der Waals surface area (Å²) < 4.78 is 5.76. The van der Waals surface area contributed by atoms with E-state index in [9.17, 15) is 0 Å². The summed E-state index contributed by atoms with van der Waals surface area (Å²) in [5.41, 5.74) is 9.96. The van der Waals surface area contributed by atoms with E-state index in [1.54, 1.807) is 0 Å². The molecule has 0 aliphatic rings. The number of benzene rings is 1. The van der Waals surface area contributed by atoms with Gasteiger partial charge >= 0.3 is 0 Å². The largest absolute Gasteiger partial charge is 0.486 e. The van der Waals surface area contributed by atoms with E-state index in [0.29, 0.717) is 19.0 Å². The maximum atomic E-state index is 5.76. The highest BCUT2D eigenvalue weighted by Gasteiger charge is 2.04. The first-order valence-corrected chi connectivity index (χ1v) is 6.82. The van der Waals surface area contributed by atoms with E-state index in [2.05, 4.69) is 29.9 Å². The molecule has 114 valence electrons. The molecule has 0 unspecified atom stereocenters. The molecule has 0 atom stereocenters. The molecule has 0 amide bonds. The third-order valence-electron chi connectivity index (χ3n) is 3.20. The van der Waals surface area contributed by atoms with E-state index < -0.39 is 0 Å². The molecular weight excluding hydrogens is 286 g/mol. The normalized spacial score (nSPS) is 10.1. The van der Waals surface area contributed by atoms with E-state index in [0.717, 1.165) is 23.6 Å². The lowest BCUT2D eigenvalue weighted by Gasteiger charge is -2.09. The summed E-state index contributed by atoms with van der Waals surface area (Å²) in [4.78, 5) is 8.86. The molecule has 2 N–H and O–H groups in total. The van der Waals surface area contributed by atoms with Crippen molar-refractivity contribution >= 4 is 12.4 Å². The fourth-order valence-electron chi connectivity index (χ4n) is 1.99. The predicted octanol–water partition coefficient (Wildman–Crippen LogP) is 2.90. The van der Waals surface area contributed by atoms with Crippen molar-refractivity contribution < 1.29 is 4.74 Å². The van der Waals surface area contributed by atoms with Crippen LogP contribution in [0.3, 0.4) is 0 Å². The molecule has 5 heteroatoms. The number of ether oxygens (including phenoxy) is 1. The topological polar surface area (TPSA) is 61.0 Å². The van der Waals surface area contributed by atoms with Crippen LogP contribution in [0.1, 0.15) is 28.3 Å². The lowest BCUT2D eigenvalue weighted by atomic mass is 10.1. The van der Waals surface area contributed by atoms with Crippen molar-refractivity contribution in [3.8, 4) is 5.75 Å². The monoisotopic (exact) mass is 307 g/mol. The molecule has 0 aliphatic carbocycles. The summed E-state index contributed by atoms with van der Waals surface area (Å²) in [5.74, 6) is 1.55. The first-order valence-electron chi connectivity index (χ1n) is 6.82. The molecule has 0 aliphatic heterocycles. The van der Waals surface area contributed by atoms with Gasteiger partial charge in [-0.25, -0.2) is 9.97 Å². The van der Waals surface area contributed by atoms with E-state index in [4.69, 9.17) is 10.5 Å². The van der Waals surface area contributed by atoms with Crippen molar-refractivity contribution in [2.45, 2.75) is 33.8 Å². The Morgan fingerprint density at radius 1 is 1.05 bits per heavy atom. The molecular formula is C16H22ClN3O. The molecule has 0 radical (unpaired) electrons. The molecule has 4 nitrogen and oxygen atoms in total. The zero-order valence-electron chi connectivity index (χ0n) is 12.7. The Kier molecular flexibility index (Phi) is 6.59. The number of rotatable bonds is 5. The van der Waals surface area contributed by atoms with Gasteiger partial charge in [-0.1, -0.05) is 6.07 Å². The molecule has 1 heterocycles. The Morgan fingerprint density at radius 3 is 2.48 bits per heavy atom. The fraction of sp³-hybridized carbons (Fsp3) is 0.375. The lowest BCUT2D eigenvalue weighted by Crippen LogP contribution is -2.09. The minimum atomic E-state index is 0. The van der Waals surface area contributed by atoms with Crippen LogP contribution in [0.5, 0.6) is 5.75 Å². The minimum absolute atomic E-state index is 0. The molecule has 0 saturated heterocycles. The maximum absolute atomic E-state index is 5.76. The molecule has 0 saturated carbocycles. The third kappa shape index (κ3) is 4.99. The number of nitrogens with zero attached hydrogens (tertiary/aromatic N) is 2. The molecule has 21 heavy (non-hydrogen) atoms. The van der Waals surface area contributed by atoms with E-state index in [-0.39, 0.29) is 12.4 Å². The molecule has 0 fully saturated rings. The first-order chi connectivity index (χ1) is 9.58. The highest BCUT2D eigenvalue weighted by atomic mass is 35.5. The van der Waals surface area contributed by atoms with Crippen LogP contribution < -0.4 is 10.5 Å². The molecule has 1 aromatic heterocycles. The summed E-state index contributed by atoms with van der Waals surface area (Å²) in [7, 11) is 0. The number of hydrogen-bond donors (Lipinski definition) is 1. The van der Waals surface area contributed by atoms with Gasteiger partial charge in [0.25, 0.3) is 0 Å². The molecule has 0 spiro atoms. The van der Waals surface area contributed by atoms with Crippen molar-refractivity contribution in [1.82, 2.24) is 9.97 Å². The van der Waals surface area contributed by atoms with Crippen LogP contribution >= 0.6 is 12.4 Å². The molecule has 1 aromatic carbocycles. The van der Waals surface area contributed by atoms with Crippen LogP contribution in [0.2, 0.25) is 0 Å². The van der Waals surface area contributed by atoms with E-state index in [1.165, 1.54) is 11.1 Å². The van der Waals surface area contributed by atoms with Crippen molar-refractivity contribution in [3.63, 3.8) is 0 Å². The summed E-state index contributed by atoms with van der Waals surface area (Å²) in [6.07, 6.45) is 0.764. The molecule has 2 aromatic rings. The average molecular weight is 308 g/mol. The zero-order valence-corrected chi connectivity index (χ0v) is 13.5. The van der Waals surface area contributed by atoms with Crippen LogP contribution in [0.15, 0.2) is 24.3 Å². The highest BCUT2D eigenvalue weighted by molar-refractivity contribution is 5.85. The van der Waals surface area contributed by atoms with Gasteiger partial charge in [0, 0.05) is 17.8 Å². The number of aryl methyl sites for hydroxylation is 3. The Morgan fingerprint density at radius 2 is 1.81 bits per heavy atom. The van der Waals surface area contributed by atoms with Gasteiger partial charge < -0.3 is 10.5 Å². The van der Waals surface area contributed by atoms with Gasteiger partial charge in [-0.2, -0.15) is 0 Å². The summed E-state index contributed by atoms with van der Waals surface area (Å²) >= 11 is 0. The van der Waals surface area contributed by atoms with Gasteiger partial charge in [0.2, 0.25) is 0 Å². The number of halogens is 1.